The molecule has 1 aliphatic heterocycles. The molecule has 0 bridgehead atoms. The zero-order chi connectivity index (χ0) is 14.8. The maximum Gasteiger partial charge on any atom is 0.242 e. The Morgan fingerprint density at radius 2 is 2.14 bits per heavy atom. The molecule has 1 aromatic carbocycles. The van der Waals surface area contributed by atoms with E-state index in [1.807, 2.05) is 24.3 Å². The Kier molecular flexibility index (Phi) is 3.92. The number of piperidine rings is 1. The summed E-state index contributed by atoms with van der Waals surface area (Å²) in [5.74, 6) is 0.771. The summed E-state index contributed by atoms with van der Waals surface area (Å²) >= 11 is 6.05. The van der Waals surface area contributed by atoms with E-state index >= 15 is 0 Å². The number of rotatable bonds is 2. The molecule has 1 atom stereocenters. The highest BCUT2D eigenvalue weighted by Gasteiger charge is 2.30. The summed E-state index contributed by atoms with van der Waals surface area (Å²) in [6, 6.07) is 7.55. The number of para-hydroxylation sites is 1. The number of benzene rings is 1. The summed E-state index contributed by atoms with van der Waals surface area (Å²) in [5.41, 5.74) is 0.800. The Morgan fingerprint density at radius 1 is 1.33 bits per heavy atom. The quantitative estimate of drug-likeness (QED) is 0.866. The van der Waals surface area contributed by atoms with Crippen molar-refractivity contribution in [3.63, 3.8) is 0 Å². The molecule has 1 unspecified atom stereocenters. The summed E-state index contributed by atoms with van der Waals surface area (Å²) in [6.07, 6.45) is 2.92. The van der Waals surface area contributed by atoms with E-state index in [2.05, 4.69) is 20.2 Å². The molecule has 5 nitrogen and oxygen atoms in total. The zero-order valence-corrected chi connectivity index (χ0v) is 12.6. The van der Waals surface area contributed by atoms with Gasteiger partial charge in [-0.25, -0.2) is 4.98 Å². The van der Waals surface area contributed by atoms with Gasteiger partial charge in [0.15, 0.2) is 0 Å². The topological polar surface area (TPSA) is 58.1 Å². The van der Waals surface area contributed by atoms with Gasteiger partial charge >= 0.3 is 0 Å². The number of carbonyl (C=O) groups is 1. The standard InChI is InChI=1S/C15H17ClN4O/c1-17-14(21)12-8-4-5-9-20(12)13-10-6-2-3-7-11(10)18-15(16)19-13/h2-3,6-7,12H,4-5,8-9H2,1H3,(H,17,21). The third-order valence-electron chi connectivity index (χ3n) is 3.88. The first-order valence-electron chi connectivity index (χ1n) is 7.11. The van der Waals surface area contributed by atoms with E-state index in [0.717, 1.165) is 42.5 Å². The van der Waals surface area contributed by atoms with Crippen molar-refractivity contribution in [2.24, 2.45) is 0 Å². The first-order valence-corrected chi connectivity index (χ1v) is 7.49. The van der Waals surface area contributed by atoms with Crippen LogP contribution in [0.15, 0.2) is 24.3 Å². The Labute approximate surface area is 128 Å². The van der Waals surface area contributed by atoms with Crippen LogP contribution in [0.1, 0.15) is 19.3 Å². The van der Waals surface area contributed by atoms with Crippen LogP contribution in [0.25, 0.3) is 10.9 Å². The average molecular weight is 305 g/mol. The molecule has 2 aromatic rings. The van der Waals surface area contributed by atoms with Gasteiger partial charge in [0.2, 0.25) is 11.2 Å². The number of halogens is 1. The maximum atomic E-state index is 12.1. The van der Waals surface area contributed by atoms with Crippen LogP contribution >= 0.6 is 11.6 Å². The van der Waals surface area contributed by atoms with E-state index in [0.29, 0.717) is 0 Å². The van der Waals surface area contributed by atoms with Crippen LogP contribution in [-0.4, -0.2) is 35.5 Å². The molecule has 0 saturated carbocycles. The van der Waals surface area contributed by atoms with Gasteiger partial charge in [-0.15, -0.1) is 0 Å². The summed E-state index contributed by atoms with van der Waals surface area (Å²) in [7, 11) is 1.67. The number of aromatic nitrogens is 2. The molecule has 1 amide bonds. The number of hydrogen-bond acceptors (Lipinski definition) is 4. The number of amides is 1. The Morgan fingerprint density at radius 3 is 2.95 bits per heavy atom. The first kappa shape index (κ1) is 14.1. The molecule has 0 aliphatic carbocycles. The van der Waals surface area contributed by atoms with Crippen molar-refractivity contribution in [3.8, 4) is 0 Å². The summed E-state index contributed by atoms with van der Waals surface area (Å²) in [6.45, 7) is 0.801. The molecule has 0 spiro atoms. The predicted molar refractivity (Wildman–Crippen MR) is 83.6 cm³/mol. The summed E-state index contributed by atoms with van der Waals surface area (Å²) < 4.78 is 0. The zero-order valence-electron chi connectivity index (χ0n) is 11.8. The fraction of sp³-hybridized carbons (Fsp3) is 0.400. The van der Waals surface area contributed by atoms with Crippen molar-refractivity contribution >= 4 is 34.2 Å². The van der Waals surface area contributed by atoms with Gasteiger partial charge in [0, 0.05) is 19.0 Å². The normalized spacial score (nSPS) is 18.8. The van der Waals surface area contributed by atoms with Gasteiger partial charge in [-0.1, -0.05) is 12.1 Å². The van der Waals surface area contributed by atoms with Crippen molar-refractivity contribution < 1.29 is 4.79 Å². The number of fused-ring (bicyclic) bond motifs is 1. The van der Waals surface area contributed by atoms with Gasteiger partial charge in [-0.2, -0.15) is 4.98 Å². The second-order valence-corrected chi connectivity index (χ2v) is 5.49. The first-order chi connectivity index (χ1) is 10.2. The second kappa shape index (κ2) is 5.85. The molecule has 1 N–H and O–H groups in total. The molecular weight excluding hydrogens is 288 g/mol. The van der Waals surface area contributed by atoms with Gasteiger partial charge in [0.25, 0.3) is 0 Å². The number of carbonyl (C=O) groups excluding carboxylic acids is 1. The molecule has 2 heterocycles. The number of nitrogens with zero attached hydrogens (tertiary/aromatic N) is 3. The van der Waals surface area contributed by atoms with Crippen LogP contribution in [0.3, 0.4) is 0 Å². The lowest BCUT2D eigenvalue weighted by Crippen LogP contribution is -2.49. The largest absolute Gasteiger partial charge is 0.357 e. The number of anilines is 1. The number of hydrogen-bond donors (Lipinski definition) is 1. The lowest BCUT2D eigenvalue weighted by molar-refractivity contribution is -0.122. The van der Waals surface area contributed by atoms with Gasteiger partial charge in [-0.05, 0) is 43.0 Å². The van der Waals surface area contributed by atoms with Crippen LogP contribution in [0.4, 0.5) is 5.82 Å². The van der Waals surface area contributed by atoms with E-state index in [1.54, 1.807) is 7.05 Å². The van der Waals surface area contributed by atoms with Gasteiger partial charge in [-0.3, -0.25) is 4.79 Å². The third kappa shape index (κ3) is 2.65. The summed E-state index contributed by atoms with van der Waals surface area (Å²) in [4.78, 5) is 22.8. The number of likely N-dealkylation sites (N-methyl/N-ethyl adjacent to an activating group) is 1. The van der Waals surface area contributed by atoms with Gasteiger partial charge < -0.3 is 10.2 Å². The van der Waals surface area contributed by atoms with Crippen LogP contribution in [0, 0.1) is 0 Å². The fourth-order valence-electron chi connectivity index (χ4n) is 2.88. The highest BCUT2D eigenvalue weighted by Crippen LogP contribution is 2.30. The molecule has 1 saturated heterocycles. The van der Waals surface area contributed by atoms with Crippen LogP contribution in [-0.2, 0) is 4.79 Å². The second-order valence-electron chi connectivity index (χ2n) is 5.15. The molecule has 110 valence electrons. The van der Waals surface area contributed by atoms with Crippen molar-refractivity contribution in [2.75, 3.05) is 18.5 Å². The SMILES string of the molecule is CNC(=O)C1CCCCN1c1nc(Cl)nc2ccccc12. The van der Waals surface area contributed by atoms with E-state index in [1.165, 1.54) is 0 Å². The van der Waals surface area contributed by atoms with Crippen molar-refractivity contribution in [1.29, 1.82) is 0 Å². The molecule has 0 radical (unpaired) electrons. The van der Waals surface area contributed by atoms with Crippen LogP contribution in [0.2, 0.25) is 5.28 Å². The Hall–Kier alpha value is -1.88. The van der Waals surface area contributed by atoms with E-state index in [-0.39, 0.29) is 17.2 Å². The van der Waals surface area contributed by atoms with Gasteiger partial charge in [0.05, 0.1) is 5.52 Å². The molecule has 1 fully saturated rings. The minimum atomic E-state index is -0.196. The lowest BCUT2D eigenvalue weighted by Gasteiger charge is -2.35. The van der Waals surface area contributed by atoms with Crippen LogP contribution < -0.4 is 10.2 Å². The molecule has 6 heteroatoms. The van der Waals surface area contributed by atoms with Gasteiger partial charge in [0.1, 0.15) is 11.9 Å². The average Bonchev–Trinajstić information content (AvgIpc) is 2.53. The maximum absolute atomic E-state index is 12.1. The highest BCUT2D eigenvalue weighted by molar-refractivity contribution is 6.28. The molecular formula is C15H17ClN4O. The minimum Gasteiger partial charge on any atom is -0.357 e. The van der Waals surface area contributed by atoms with Crippen molar-refractivity contribution in [3.05, 3.63) is 29.5 Å². The molecule has 3 rings (SSSR count). The predicted octanol–water partition coefficient (Wildman–Crippen LogP) is 2.39. The minimum absolute atomic E-state index is 0.0218. The van der Waals surface area contributed by atoms with Crippen LogP contribution in [0.5, 0.6) is 0 Å². The summed E-state index contributed by atoms with van der Waals surface area (Å²) in [5, 5.41) is 3.88. The monoisotopic (exact) mass is 304 g/mol. The third-order valence-corrected chi connectivity index (χ3v) is 4.05. The molecule has 1 aliphatic rings. The van der Waals surface area contributed by atoms with E-state index < -0.39 is 0 Å². The fourth-order valence-corrected chi connectivity index (χ4v) is 3.05. The van der Waals surface area contributed by atoms with E-state index in [4.69, 9.17) is 11.6 Å². The Bertz CT molecular complexity index is 676. The van der Waals surface area contributed by atoms with Crippen molar-refractivity contribution in [2.45, 2.75) is 25.3 Å². The Balaban J connectivity index is 2.11. The smallest absolute Gasteiger partial charge is 0.242 e. The molecule has 21 heavy (non-hydrogen) atoms. The molecule has 1 aromatic heterocycles. The lowest BCUT2D eigenvalue weighted by atomic mass is 10.0. The van der Waals surface area contributed by atoms with Crippen molar-refractivity contribution in [1.82, 2.24) is 15.3 Å². The van der Waals surface area contributed by atoms with E-state index in [9.17, 15) is 4.79 Å². The number of nitrogens with one attached hydrogen (secondary N) is 1. The highest BCUT2D eigenvalue weighted by atomic mass is 35.5.